The molecule has 2 rings (SSSR count). The highest BCUT2D eigenvalue weighted by atomic mass is 16.5. The number of ether oxygens (including phenoxy) is 4. The number of hydrogen-bond acceptors (Lipinski definition) is 6. The van der Waals surface area contributed by atoms with Gasteiger partial charge in [0.15, 0.2) is 23.0 Å². The Labute approximate surface area is 162 Å². The molecule has 0 aliphatic heterocycles. The first-order valence-electron chi connectivity index (χ1n) is 8.89. The van der Waals surface area contributed by atoms with Gasteiger partial charge in [0.2, 0.25) is 0 Å². The van der Waals surface area contributed by atoms with Crippen molar-refractivity contribution in [2.24, 2.45) is 5.73 Å². The van der Waals surface area contributed by atoms with Crippen LogP contribution >= 0.6 is 0 Å². The largest absolute Gasteiger partial charge is 0.493 e. The molecule has 150 valence electrons. The van der Waals surface area contributed by atoms with Gasteiger partial charge in [0.1, 0.15) is 0 Å². The maximum absolute atomic E-state index is 5.45. The predicted molar refractivity (Wildman–Crippen MR) is 109 cm³/mol. The van der Waals surface area contributed by atoms with Crippen LogP contribution in [0.3, 0.4) is 0 Å². The Hall–Kier alpha value is -2.44. The first-order valence-corrected chi connectivity index (χ1v) is 8.89. The Morgan fingerprint density at radius 1 is 0.704 bits per heavy atom. The number of hydrogen-bond donors (Lipinski definition) is 2. The number of nitrogens with two attached hydrogens (primary N) is 1. The summed E-state index contributed by atoms with van der Waals surface area (Å²) in [6.45, 7) is 1.62. The SMILES string of the molecule is CNCCc1ccc(OC)c(OC)c1.COc1ccc(CCN)cc1OC. The Morgan fingerprint density at radius 3 is 1.52 bits per heavy atom. The summed E-state index contributed by atoms with van der Waals surface area (Å²) in [5.41, 5.74) is 7.86. The van der Waals surface area contributed by atoms with Crippen LogP contribution in [0.1, 0.15) is 11.1 Å². The molecule has 0 amide bonds. The second-order valence-electron chi connectivity index (χ2n) is 5.77. The molecule has 0 bridgehead atoms. The molecule has 3 N–H and O–H groups in total. The summed E-state index contributed by atoms with van der Waals surface area (Å²) >= 11 is 0. The van der Waals surface area contributed by atoms with Gasteiger partial charge in [0, 0.05) is 0 Å². The van der Waals surface area contributed by atoms with Crippen molar-refractivity contribution >= 4 is 0 Å². The fourth-order valence-corrected chi connectivity index (χ4v) is 2.51. The van der Waals surface area contributed by atoms with E-state index in [2.05, 4.69) is 11.4 Å². The van der Waals surface area contributed by atoms with Gasteiger partial charge in [0.05, 0.1) is 28.4 Å². The minimum atomic E-state index is 0.648. The summed E-state index contributed by atoms with van der Waals surface area (Å²) < 4.78 is 20.6. The van der Waals surface area contributed by atoms with E-state index in [9.17, 15) is 0 Å². The van der Waals surface area contributed by atoms with Gasteiger partial charge in [-0.3, -0.25) is 0 Å². The normalized spacial score (nSPS) is 9.85. The molecule has 0 spiro atoms. The Kier molecular flexibility index (Phi) is 10.7. The van der Waals surface area contributed by atoms with Gasteiger partial charge in [-0.05, 0) is 68.4 Å². The molecule has 27 heavy (non-hydrogen) atoms. The number of likely N-dealkylation sites (N-methyl/N-ethyl adjacent to an activating group) is 1. The Morgan fingerprint density at radius 2 is 1.15 bits per heavy atom. The van der Waals surface area contributed by atoms with Gasteiger partial charge >= 0.3 is 0 Å². The van der Waals surface area contributed by atoms with E-state index in [4.69, 9.17) is 24.7 Å². The van der Waals surface area contributed by atoms with Crippen LogP contribution in [0, 0.1) is 0 Å². The van der Waals surface area contributed by atoms with E-state index in [1.165, 1.54) is 11.1 Å². The maximum Gasteiger partial charge on any atom is 0.160 e. The molecule has 0 radical (unpaired) electrons. The van der Waals surface area contributed by atoms with Gasteiger partial charge in [0.25, 0.3) is 0 Å². The zero-order valence-corrected chi connectivity index (χ0v) is 17.0. The van der Waals surface area contributed by atoms with E-state index < -0.39 is 0 Å². The summed E-state index contributed by atoms with van der Waals surface area (Å²) in [5.74, 6) is 3.08. The second-order valence-corrected chi connectivity index (χ2v) is 5.77. The first kappa shape index (κ1) is 22.6. The highest BCUT2D eigenvalue weighted by molar-refractivity contribution is 5.43. The standard InChI is InChI=1S/C11H17NO2.C10H15NO2/c1-12-7-6-9-4-5-10(13-2)11(8-9)14-3;1-12-9-4-3-8(5-6-11)7-10(9)13-2/h4-5,8,12H,6-7H2,1-3H3;3-4,7H,5-6,11H2,1-2H3. The van der Waals surface area contributed by atoms with Gasteiger partial charge in [-0.15, -0.1) is 0 Å². The van der Waals surface area contributed by atoms with E-state index in [0.29, 0.717) is 6.54 Å². The third-order valence-corrected chi connectivity index (χ3v) is 3.99. The molecule has 2 aromatic carbocycles. The smallest absolute Gasteiger partial charge is 0.160 e. The topological polar surface area (TPSA) is 75.0 Å². The van der Waals surface area contributed by atoms with Crippen LogP contribution in [0.15, 0.2) is 36.4 Å². The Bertz CT molecular complexity index is 677. The molecular weight excluding hydrogens is 344 g/mol. The van der Waals surface area contributed by atoms with E-state index in [1.807, 2.05) is 37.4 Å². The maximum atomic E-state index is 5.45. The summed E-state index contributed by atoms with van der Waals surface area (Å²) in [6.07, 6.45) is 1.86. The summed E-state index contributed by atoms with van der Waals surface area (Å²) in [5, 5.41) is 3.11. The van der Waals surface area contributed by atoms with Crippen molar-refractivity contribution in [1.29, 1.82) is 0 Å². The fraction of sp³-hybridized carbons (Fsp3) is 0.429. The molecule has 0 atom stereocenters. The summed E-state index contributed by atoms with van der Waals surface area (Å²) in [6, 6.07) is 11.8. The third kappa shape index (κ3) is 7.37. The van der Waals surface area contributed by atoms with Crippen LogP contribution in [0.25, 0.3) is 0 Å². The number of benzene rings is 2. The number of methoxy groups -OCH3 is 4. The van der Waals surface area contributed by atoms with Gasteiger partial charge in [-0.1, -0.05) is 12.1 Å². The van der Waals surface area contributed by atoms with Gasteiger partial charge in [-0.2, -0.15) is 0 Å². The molecule has 0 aliphatic rings. The van der Waals surface area contributed by atoms with E-state index >= 15 is 0 Å². The quantitative estimate of drug-likeness (QED) is 0.701. The molecule has 0 saturated heterocycles. The number of rotatable bonds is 9. The highest BCUT2D eigenvalue weighted by Crippen LogP contribution is 2.28. The lowest BCUT2D eigenvalue weighted by atomic mass is 10.1. The monoisotopic (exact) mass is 376 g/mol. The van der Waals surface area contributed by atoms with Crippen LogP contribution in [-0.2, 0) is 12.8 Å². The molecule has 2 aromatic rings. The van der Waals surface area contributed by atoms with Crippen LogP contribution in [0.4, 0.5) is 0 Å². The molecule has 0 aliphatic carbocycles. The molecule has 0 heterocycles. The van der Waals surface area contributed by atoms with Gasteiger partial charge in [-0.25, -0.2) is 0 Å². The minimum Gasteiger partial charge on any atom is -0.493 e. The van der Waals surface area contributed by atoms with Crippen molar-refractivity contribution in [3.63, 3.8) is 0 Å². The van der Waals surface area contributed by atoms with Crippen LogP contribution in [0.5, 0.6) is 23.0 Å². The van der Waals surface area contributed by atoms with Crippen molar-refractivity contribution in [3.8, 4) is 23.0 Å². The second kappa shape index (κ2) is 12.8. The van der Waals surface area contributed by atoms with Crippen molar-refractivity contribution in [1.82, 2.24) is 5.32 Å². The lowest BCUT2D eigenvalue weighted by molar-refractivity contribution is 0.354. The van der Waals surface area contributed by atoms with E-state index in [-0.39, 0.29) is 0 Å². The predicted octanol–water partition coefficient (Wildman–Crippen LogP) is 2.67. The average Bonchev–Trinajstić information content (AvgIpc) is 2.72. The lowest BCUT2D eigenvalue weighted by Crippen LogP contribution is -2.10. The Balaban J connectivity index is 0.000000271. The molecule has 6 nitrogen and oxygen atoms in total. The minimum absolute atomic E-state index is 0.648. The fourth-order valence-electron chi connectivity index (χ4n) is 2.51. The molecule has 0 unspecified atom stereocenters. The van der Waals surface area contributed by atoms with Crippen molar-refractivity contribution in [2.75, 3.05) is 48.6 Å². The summed E-state index contributed by atoms with van der Waals surface area (Å²) in [7, 11) is 8.50. The molecule has 0 aromatic heterocycles. The third-order valence-electron chi connectivity index (χ3n) is 3.99. The lowest BCUT2D eigenvalue weighted by Gasteiger charge is -2.09. The number of nitrogens with one attached hydrogen (secondary N) is 1. The van der Waals surface area contributed by atoms with Crippen molar-refractivity contribution < 1.29 is 18.9 Å². The summed E-state index contributed by atoms with van der Waals surface area (Å²) in [4.78, 5) is 0. The zero-order valence-electron chi connectivity index (χ0n) is 17.0. The van der Waals surface area contributed by atoms with Crippen LogP contribution < -0.4 is 30.0 Å². The molecular formula is C21H32N2O4. The molecule has 0 saturated carbocycles. The van der Waals surface area contributed by atoms with Crippen LogP contribution in [-0.4, -0.2) is 48.6 Å². The first-order chi connectivity index (χ1) is 13.1. The zero-order chi connectivity index (χ0) is 20.1. The van der Waals surface area contributed by atoms with Gasteiger partial charge < -0.3 is 30.0 Å². The van der Waals surface area contributed by atoms with E-state index in [1.54, 1.807) is 28.4 Å². The molecule has 6 heteroatoms. The van der Waals surface area contributed by atoms with Crippen LogP contribution in [0.2, 0.25) is 0 Å². The van der Waals surface area contributed by atoms with E-state index in [0.717, 1.165) is 42.4 Å². The molecule has 0 fully saturated rings. The highest BCUT2D eigenvalue weighted by Gasteiger charge is 2.04. The van der Waals surface area contributed by atoms with Crippen molar-refractivity contribution in [2.45, 2.75) is 12.8 Å². The van der Waals surface area contributed by atoms with Crippen molar-refractivity contribution in [3.05, 3.63) is 47.5 Å². The average molecular weight is 376 g/mol.